The molecule has 0 spiro atoms. The summed E-state index contributed by atoms with van der Waals surface area (Å²) in [6.45, 7) is 0. The highest BCUT2D eigenvalue weighted by Gasteiger charge is 2.50. The summed E-state index contributed by atoms with van der Waals surface area (Å²) in [4.78, 5) is 0. The van der Waals surface area contributed by atoms with E-state index in [4.69, 9.17) is 17.3 Å². The third kappa shape index (κ3) is 2.01. The number of benzene rings is 1. The van der Waals surface area contributed by atoms with Crippen molar-refractivity contribution in [3.63, 3.8) is 0 Å². The zero-order valence-electron chi connectivity index (χ0n) is 11.2. The van der Waals surface area contributed by atoms with Crippen LogP contribution in [0.15, 0.2) is 18.2 Å². The Hall–Kier alpha value is -0.890. The van der Waals surface area contributed by atoms with Crippen LogP contribution in [0.25, 0.3) is 0 Å². The maximum atomic E-state index is 6.11. The topological polar surface area (TPSA) is 38.0 Å². The van der Waals surface area contributed by atoms with Crippen molar-refractivity contribution in [2.24, 2.45) is 17.8 Å². The van der Waals surface area contributed by atoms with Crippen molar-refractivity contribution >= 4 is 23.0 Å². The van der Waals surface area contributed by atoms with Crippen molar-refractivity contribution in [3.05, 3.63) is 23.2 Å². The summed E-state index contributed by atoms with van der Waals surface area (Å²) in [5, 5.41) is 4.55. The van der Waals surface area contributed by atoms with E-state index >= 15 is 0 Å². The van der Waals surface area contributed by atoms with Crippen molar-refractivity contribution in [3.8, 4) is 0 Å². The Labute approximate surface area is 119 Å². The molecule has 0 radical (unpaired) electrons. The van der Waals surface area contributed by atoms with Crippen LogP contribution >= 0.6 is 11.6 Å². The van der Waals surface area contributed by atoms with Crippen molar-refractivity contribution in [2.75, 3.05) is 11.1 Å². The van der Waals surface area contributed by atoms with Gasteiger partial charge < -0.3 is 11.1 Å². The highest BCUT2D eigenvalue weighted by molar-refractivity contribution is 6.31. The average Bonchev–Trinajstić information content (AvgIpc) is 2.31. The molecule has 0 saturated heterocycles. The fourth-order valence-electron chi connectivity index (χ4n) is 5.19. The molecule has 0 unspecified atom stereocenters. The number of halogens is 1. The van der Waals surface area contributed by atoms with Crippen LogP contribution < -0.4 is 11.1 Å². The molecule has 4 aliphatic rings. The SMILES string of the molecule is Nc1ccc(Cl)cc1NC12CC3CC(CC(C3)C1)C2. The van der Waals surface area contributed by atoms with Crippen LogP contribution in [0, 0.1) is 17.8 Å². The second-order valence-electron chi connectivity index (χ2n) is 7.05. The van der Waals surface area contributed by atoms with E-state index in [-0.39, 0.29) is 0 Å². The molecule has 0 amide bonds. The van der Waals surface area contributed by atoms with Gasteiger partial charge in [-0.25, -0.2) is 0 Å². The van der Waals surface area contributed by atoms with Crippen molar-refractivity contribution in [1.29, 1.82) is 0 Å². The predicted molar refractivity (Wildman–Crippen MR) is 80.4 cm³/mol. The van der Waals surface area contributed by atoms with Crippen LogP contribution in [0.1, 0.15) is 38.5 Å². The first-order chi connectivity index (χ1) is 9.12. The smallest absolute Gasteiger partial charge is 0.0593 e. The quantitative estimate of drug-likeness (QED) is 0.790. The van der Waals surface area contributed by atoms with Crippen molar-refractivity contribution in [2.45, 2.75) is 44.1 Å². The molecule has 0 aromatic heterocycles. The van der Waals surface area contributed by atoms with E-state index in [9.17, 15) is 0 Å². The van der Waals surface area contributed by atoms with Gasteiger partial charge in [-0.3, -0.25) is 0 Å². The lowest BCUT2D eigenvalue weighted by Gasteiger charge is -2.57. The normalized spacial score (nSPS) is 39.5. The second-order valence-corrected chi connectivity index (χ2v) is 7.49. The summed E-state index contributed by atoms with van der Waals surface area (Å²) in [6, 6.07) is 5.75. The first-order valence-electron chi connectivity index (χ1n) is 7.45. The van der Waals surface area contributed by atoms with Crippen molar-refractivity contribution < 1.29 is 0 Å². The molecule has 4 fully saturated rings. The molecule has 19 heavy (non-hydrogen) atoms. The second kappa shape index (κ2) is 4.05. The van der Waals surface area contributed by atoms with Gasteiger partial charge in [0, 0.05) is 10.6 Å². The van der Waals surface area contributed by atoms with Gasteiger partial charge in [-0.2, -0.15) is 0 Å². The molecule has 102 valence electrons. The molecule has 4 aliphatic carbocycles. The van der Waals surface area contributed by atoms with Gasteiger partial charge in [0.25, 0.3) is 0 Å². The largest absolute Gasteiger partial charge is 0.397 e. The number of hydrogen-bond donors (Lipinski definition) is 2. The van der Waals surface area contributed by atoms with Gasteiger partial charge in [0.1, 0.15) is 0 Å². The zero-order chi connectivity index (χ0) is 13.0. The standard InChI is InChI=1S/C16H21ClN2/c17-13-1-2-14(18)15(6-13)19-16-7-10-3-11(8-16)5-12(4-10)9-16/h1-2,6,10-12,19H,3-5,7-9,18H2. The molecule has 4 bridgehead atoms. The maximum Gasteiger partial charge on any atom is 0.0593 e. The molecule has 4 saturated carbocycles. The molecular formula is C16H21ClN2. The Balaban J connectivity index is 1.64. The van der Waals surface area contributed by atoms with E-state index < -0.39 is 0 Å². The summed E-state index contributed by atoms with van der Waals surface area (Å²) in [5.74, 6) is 2.83. The number of anilines is 2. The third-order valence-corrected chi connectivity index (χ3v) is 5.69. The Morgan fingerprint density at radius 2 is 1.63 bits per heavy atom. The van der Waals surface area contributed by atoms with Gasteiger partial charge in [0.15, 0.2) is 0 Å². The molecule has 0 heterocycles. The van der Waals surface area contributed by atoms with Gasteiger partial charge in [-0.05, 0) is 74.5 Å². The molecular weight excluding hydrogens is 256 g/mol. The minimum Gasteiger partial charge on any atom is -0.397 e. The van der Waals surface area contributed by atoms with E-state index in [1.807, 2.05) is 18.2 Å². The summed E-state index contributed by atoms with van der Waals surface area (Å²) < 4.78 is 0. The van der Waals surface area contributed by atoms with Gasteiger partial charge in [0.2, 0.25) is 0 Å². The van der Waals surface area contributed by atoms with Crippen molar-refractivity contribution in [1.82, 2.24) is 0 Å². The molecule has 5 rings (SSSR count). The minimum atomic E-state index is 0.299. The highest BCUT2D eigenvalue weighted by Crippen LogP contribution is 2.56. The zero-order valence-corrected chi connectivity index (χ0v) is 11.9. The minimum absolute atomic E-state index is 0.299. The Kier molecular flexibility index (Phi) is 2.54. The molecule has 0 aliphatic heterocycles. The van der Waals surface area contributed by atoms with Crippen LogP contribution in [0.2, 0.25) is 5.02 Å². The summed E-state index contributed by atoms with van der Waals surface area (Å²) in [6.07, 6.45) is 8.37. The van der Waals surface area contributed by atoms with E-state index in [0.29, 0.717) is 5.54 Å². The Morgan fingerprint density at radius 3 is 2.21 bits per heavy atom. The number of nitrogens with one attached hydrogen (secondary N) is 1. The maximum absolute atomic E-state index is 6.11. The van der Waals surface area contributed by atoms with E-state index in [1.165, 1.54) is 38.5 Å². The van der Waals surface area contributed by atoms with Gasteiger partial charge in [-0.15, -0.1) is 0 Å². The first-order valence-corrected chi connectivity index (χ1v) is 7.83. The lowest BCUT2D eigenvalue weighted by molar-refractivity contribution is 0.0107. The summed E-state index contributed by atoms with van der Waals surface area (Å²) in [7, 11) is 0. The third-order valence-electron chi connectivity index (χ3n) is 5.45. The van der Waals surface area contributed by atoms with E-state index in [0.717, 1.165) is 34.2 Å². The van der Waals surface area contributed by atoms with E-state index in [1.54, 1.807) is 0 Å². The first kappa shape index (κ1) is 11.9. The molecule has 1 aromatic rings. The molecule has 3 heteroatoms. The molecule has 1 aromatic carbocycles. The van der Waals surface area contributed by atoms with Crippen LogP contribution in [-0.2, 0) is 0 Å². The fourth-order valence-corrected chi connectivity index (χ4v) is 5.36. The highest BCUT2D eigenvalue weighted by atomic mass is 35.5. The van der Waals surface area contributed by atoms with E-state index in [2.05, 4.69) is 5.32 Å². The number of rotatable bonds is 2. The number of hydrogen-bond acceptors (Lipinski definition) is 2. The van der Waals surface area contributed by atoms with Crippen LogP contribution in [0.3, 0.4) is 0 Å². The van der Waals surface area contributed by atoms with Gasteiger partial charge >= 0.3 is 0 Å². The lowest BCUT2D eigenvalue weighted by atomic mass is 9.53. The summed E-state index contributed by atoms with van der Waals surface area (Å²) in [5.41, 5.74) is 8.25. The Morgan fingerprint density at radius 1 is 1.05 bits per heavy atom. The molecule has 3 N–H and O–H groups in total. The lowest BCUT2D eigenvalue weighted by Crippen LogP contribution is -2.54. The van der Waals surface area contributed by atoms with Gasteiger partial charge in [-0.1, -0.05) is 11.6 Å². The van der Waals surface area contributed by atoms with Crippen LogP contribution in [-0.4, -0.2) is 5.54 Å². The van der Waals surface area contributed by atoms with Crippen LogP contribution in [0.5, 0.6) is 0 Å². The molecule has 2 nitrogen and oxygen atoms in total. The predicted octanol–water partition coefficient (Wildman–Crippen LogP) is 4.30. The number of nitrogen functional groups attached to an aromatic ring is 1. The Bertz CT molecular complexity index is 476. The fraction of sp³-hybridized carbons (Fsp3) is 0.625. The summed E-state index contributed by atoms with van der Waals surface area (Å²) >= 11 is 6.11. The van der Waals surface area contributed by atoms with Gasteiger partial charge in [0.05, 0.1) is 11.4 Å². The number of nitrogens with two attached hydrogens (primary N) is 1. The monoisotopic (exact) mass is 276 g/mol. The average molecular weight is 277 g/mol. The molecule has 0 atom stereocenters. The van der Waals surface area contributed by atoms with Crippen LogP contribution in [0.4, 0.5) is 11.4 Å².